The number of hydrogen-bond donors (Lipinski definition) is 1. The van der Waals surface area contributed by atoms with Gasteiger partial charge in [-0.05, 0) is 50.7 Å². The van der Waals surface area contributed by atoms with Crippen LogP contribution in [0.1, 0.15) is 18.4 Å². The molecule has 5 nitrogen and oxygen atoms in total. The molecule has 0 amide bonds. The highest BCUT2D eigenvalue weighted by Gasteiger charge is 2.31. The fourth-order valence-electron chi connectivity index (χ4n) is 3.65. The van der Waals surface area contributed by atoms with E-state index in [9.17, 15) is 18.3 Å². The number of phenolic OH excluding ortho intramolecular Hbond substituents is 1. The van der Waals surface area contributed by atoms with Gasteiger partial charge in [0, 0.05) is 22.9 Å². The van der Waals surface area contributed by atoms with Gasteiger partial charge in [-0.3, -0.25) is 0 Å². The molecule has 1 atom stereocenters. The first-order valence-corrected chi connectivity index (χ1v) is 9.34. The number of likely N-dealkylation sites (N-methyl/N-ethyl adjacent to an activating group) is 1. The molecule has 29 heavy (non-hydrogen) atoms. The van der Waals surface area contributed by atoms with Crippen LogP contribution >= 0.6 is 0 Å². The Hall–Kier alpha value is -2.87. The van der Waals surface area contributed by atoms with E-state index in [0.29, 0.717) is 28.4 Å². The first kappa shape index (κ1) is 19.4. The van der Waals surface area contributed by atoms with E-state index in [1.807, 2.05) is 19.2 Å². The lowest BCUT2D eigenvalue weighted by Crippen LogP contribution is -2.38. The Balaban J connectivity index is 1.74. The molecule has 3 aromatic rings. The highest BCUT2D eigenvalue weighted by Crippen LogP contribution is 2.39. The summed E-state index contributed by atoms with van der Waals surface area (Å²) < 4.78 is 44.8. The van der Waals surface area contributed by atoms with Crippen molar-refractivity contribution in [3.63, 3.8) is 0 Å². The number of fused-ring (bicyclic) bond motifs is 1. The Labute approximate surface area is 165 Å². The molecule has 4 rings (SSSR count). The fraction of sp³-hybridized carbons (Fsp3) is 0.333. The number of halogens is 3. The monoisotopic (exact) mass is 403 g/mol. The molecule has 1 saturated heterocycles. The minimum Gasteiger partial charge on any atom is -0.507 e. The average molecular weight is 403 g/mol. The van der Waals surface area contributed by atoms with Crippen LogP contribution in [0.2, 0.25) is 0 Å². The maximum atomic E-state index is 12.9. The number of aromatic nitrogens is 2. The Bertz CT molecular complexity index is 1040. The number of aromatic hydroxyl groups is 1. The smallest absolute Gasteiger partial charge is 0.416 e. The number of benzene rings is 2. The van der Waals surface area contributed by atoms with E-state index in [0.717, 1.165) is 32.0 Å². The van der Waals surface area contributed by atoms with Gasteiger partial charge < -0.3 is 14.7 Å². The van der Waals surface area contributed by atoms with Crippen molar-refractivity contribution in [2.24, 2.45) is 0 Å². The fourth-order valence-corrected chi connectivity index (χ4v) is 3.65. The zero-order valence-corrected chi connectivity index (χ0v) is 15.8. The maximum Gasteiger partial charge on any atom is 0.416 e. The van der Waals surface area contributed by atoms with Gasteiger partial charge in [0.15, 0.2) is 0 Å². The van der Waals surface area contributed by atoms with E-state index in [-0.39, 0.29) is 11.7 Å². The summed E-state index contributed by atoms with van der Waals surface area (Å²) >= 11 is 0. The summed E-state index contributed by atoms with van der Waals surface area (Å²) in [5, 5.41) is 19.9. The van der Waals surface area contributed by atoms with Crippen molar-refractivity contribution in [3.05, 3.63) is 48.0 Å². The third-order valence-electron chi connectivity index (χ3n) is 5.09. The minimum atomic E-state index is -4.53. The number of likely N-dealkylation sites (tertiary alicyclic amines) is 1. The van der Waals surface area contributed by atoms with Crippen LogP contribution in [0.25, 0.3) is 22.0 Å². The standard InChI is InChI=1S/C21H20F3N3O2/c1-27-10-4-5-14(12-27)29-20-16-7-3-2-6-15(16)19(25-26-20)17-9-8-13(11-18(17)28)21(22,23)24/h2-3,6-9,11,14,28H,4-5,10,12H2,1H3/t14-/m0/s1. The summed E-state index contributed by atoms with van der Waals surface area (Å²) in [6.45, 7) is 1.82. The van der Waals surface area contributed by atoms with Crippen LogP contribution in [0.3, 0.4) is 0 Å². The van der Waals surface area contributed by atoms with E-state index in [2.05, 4.69) is 15.1 Å². The number of piperidine rings is 1. The van der Waals surface area contributed by atoms with E-state index < -0.39 is 17.5 Å². The molecule has 0 radical (unpaired) electrons. The molecule has 2 aromatic carbocycles. The molecule has 0 spiro atoms. The van der Waals surface area contributed by atoms with Gasteiger partial charge in [-0.25, -0.2) is 0 Å². The largest absolute Gasteiger partial charge is 0.507 e. The van der Waals surface area contributed by atoms with Gasteiger partial charge in [-0.15, -0.1) is 10.2 Å². The highest BCUT2D eigenvalue weighted by molar-refractivity contribution is 5.98. The molecular formula is C21H20F3N3O2. The third kappa shape index (κ3) is 3.98. The van der Waals surface area contributed by atoms with Gasteiger partial charge in [0.05, 0.1) is 5.56 Å². The van der Waals surface area contributed by atoms with Crippen LogP contribution in [0.5, 0.6) is 11.6 Å². The zero-order valence-electron chi connectivity index (χ0n) is 15.8. The highest BCUT2D eigenvalue weighted by atomic mass is 19.4. The summed E-state index contributed by atoms with van der Waals surface area (Å²) in [6.07, 6.45) is -2.59. The Morgan fingerprint density at radius 2 is 1.86 bits per heavy atom. The predicted molar refractivity (Wildman–Crippen MR) is 103 cm³/mol. The van der Waals surface area contributed by atoms with Crippen molar-refractivity contribution < 1.29 is 23.0 Å². The van der Waals surface area contributed by atoms with Crippen LogP contribution in [0.4, 0.5) is 13.2 Å². The maximum absolute atomic E-state index is 12.9. The van der Waals surface area contributed by atoms with Crippen LogP contribution in [0, 0.1) is 0 Å². The normalized spacial score (nSPS) is 18.1. The first-order valence-electron chi connectivity index (χ1n) is 9.34. The number of rotatable bonds is 3. The van der Waals surface area contributed by atoms with Gasteiger partial charge in [0.1, 0.15) is 17.5 Å². The molecule has 1 aliphatic rings. The number of nitrogens with zero attached hydrogens (tertiary/aromatic N) is 3. The number of phenols is 1. The number of hydrogen-bond acceptors (Lipinski definition) is 5. The van der Waals surface area contributed by atoms with Crippen molar-refractivity contribution >= 4 is 10.8 Å². The molecule has 8 heteroatoms. The topological polar surface area (TPSA) is 58.5 Å². The molecule has 1 fully saturated rings. The van der Waals surface area contributed by atoms with Gasteiger partial charge in [0.2, 0.25) is 5.88 Å². The van der Waals surface area contributed by atoms with Crippen molar-refractivity contribution in [1.82, 2.24) is 15.1 Å². The van der Waals surface area contributed by atoms with E-state index in [1.165, 1.54) is 6.07 Å². The summed E-state index contributed by atoms with van der Waals surface area (Å²) in [4.78, 5) is 2.19. The van der Waals surface area contributed by atoms with Crippen molar-refractivity contribution in [2.75, 3.05) is 20.1 Å². The van der Waals surface area contributed by atoms with E-state index >= 15 is 0 Å². The molecule has 0 unspecified atom stereocenters. The minimum absolute atomic E-state index is 0.00298. The van der Waals surface area contributed by atoms with Gasteiger partial charge in [-0.1, -0.05) is 18.2 Å². The summed E-state index contributed by atoms with van der Waals surface area (Å²) in [5.74, 6) is -0.113. The van der Waals surface area contributed by atoms with Crippen LogP contribution in [-0.4, -0.2) is 46.4 Å². The van der Waals surface area contributed by atoms with Crippen molar-refractivity contribution in [2.45, 2.75) is 25.1 Å². The molecule has 1 N–H and O–H groups in total. The van der Waals surface area contributed by atoms with Crippen LogP contribution in [0.15, 0.2) is 42.5 Å². The number of alkyl halides is 3. The Kier molecular flexibility index (Phi) is 5.04. The predicted octanol–water partition coefficient (Wildman–Crippen LogP) is 4.49. The van der Waals surface area contributed by atoms with Gasteiger partial charge >= 0.3 is 6.18 Å². The number of ether oxygens (including phenoxy) is 1. The Morgan fingerprint density at radius 3 is 2.55 bits per heavy atom. The second-order valence-corrected chi connectivity index (χ2v) is 7.27. The average Bonchev–Trinajstić information content (AvgIpc) is 2.68. The second-order valence-electron chi connectivity index (χ2n) is 7.27. The second kappa shape index (κ2) is 7.51. The summed E-state index contributed by atoms with van der Waals surface area (Å²) in [7, 11) is 2.04. The van der Waals surface area contributed by atoms with Crippen LogP contribution < -0.4 is 4.74 Å². The molecule has 0 saturated carbocycles. The zero-order chi connectivity index (χ0) is 20.6. The van der Waals surface area contributed by atoms with Gasteiger partial charge in [-0.2, -0.15) is 13.2 Å². The van der Waals surface area contributed by atoms with E-state index in [1.54, 1.807) is 12.1 Å². The molecule has 1 aliphatic heterocycles. The van der Waals surface area contributed by atoms with Crippen molar-refractivity contribution in [1.29, 1.82) is 0 Å². The first-order chi connectivity index (χ1) is 13.8. The Morgan fingerprint density at radius 1 is 1.10 bits per heavy atom. The third-order valence-corrected chi connectivity index (χ3v) is 5.09. The lowest BCUT2D eigenvalue weighted by molar-refractivity contribution is -0.137. The molecule has 0 aliphatic carbocycles. The molecular weight excluding hydrogens is 383 g/mol. The van der Waals surface area contributed by atoms with Crippen molar-refractivity contribution in [3.8, 4) is 22.9 Å². The lowest BCUT2D eigenvalue weighted by Gasteiger charge is -2.29. The molecule has 0 bridgehead atoms. The van der Waals surface area contributed by atoms with E-state index in [4.69, 9.17) is 4.74 Å². The summed E-state index contributed by atoms with van der Waals surface area (Å²) in [6, 6.07) is 10.1. The molecule has 1 aromatic heterocycles. The SMILES string of the molecule is CN1CCC[C@H](Oc2nnc(-c3ccc(C(F)(F)F)cc3O)c3ccccc23)C1. The molecule has 152 valence electrons. The lowest BCUT2D eigenvalue weighted by atomic mass is 10.0. The van der Waals surface area contributed by atoms with Gasteiger partial charge in [0.25, 0.3) is 0 Å². The quantitative estimate of drug-likeness (QED) is 0.698. The summed E-state index contributed by atoms with van der Waals surface area (Å²) in [5.41, 5.74) is -0.428. The molecule has 2 heterocycles. The van der Waals surface area contributed by atoms with Crippen LogP contribution in [-0.2, 0) is 6.18 Å².